The van der Waals surface area contributed by atoms with Gasteiger partial charge in [0.2, 0.25) is 5.16 Å². The molecule has 0 spiro atoms. The molecule has 0 aliphatic carbocycles. The van der Waals surface area contributed by atoms with Crippen LogP contribution in [0.4, 0.5) is 0 Å². The number of benzene rings is 1. The number of aromatic nitrogens is 4. The van der Waals surface area contributed by atoms with Crippen molar-refractivity contribution in [3.8, 4) is 11.4 Å². The van der Waals surface area contributed by atoms with Crippen LogP contribution in [0.5, 0.6) is 5.75 Å². The summed E-state index contributed by atoms with van der Waals surface area (Å²) in [5, 5.41) is 11.4. The lowest BCUT2D eigenvalue weighted by Crippen LogP contribution is -2.00. The van der Waals surface area contributed by atoms with E-state index >= 15 is 0 Å². The van der Waals surface area contributed by atoms with Crippen molar-refractivity contribution in [3.63, 3.8) is 0 Å². The van der Waals surface area contributed by atoms with Gasteiger partial charge >= 0.3 is 0 Å². The highest BCUT2D eigenvalue weighted by molar-refractivity contribution is 7.80. The summed E-state index contributed by atoms with van der Waals surface area (Å²) in [7, 11) is 1.60. The molecular weight excluding hydrogens is 200 g/mol. The SMILES string of the molecule is COc1ccccc1-n1nnnc1S. The lowest BCUT2D eigenvalue weighted by Gasteiger charge is -2.06. The summed E-state index contributed by atoms with van der Waals surface area (Å²) < 4.78 is 6.68. The Bertz CT molecular complexity index is 442. The van der Waals surface area contributed by atoms with Crippen LogP contribution >= 0.6 is 12.6 Å². The zero-order valence-corrected chi connectivity index (χ0v) is 8.35. The Balaban J connectivity index is 2.56. The summed E-state index contributed by atoms with van der Waals surface area (Å²) in [4.78, 5) is 0. The average molecular weight is 208 g/mol. The van der Waals surface area contributed by atoms with Crippen LogP contribution < -0.4 is 4.74 Å². The molecule has 1 heterocycles. The predicted molar refractivity (Wildman–Crippen MR) is 53.0 cm³/mol. The van der Waals surface area contributed by atoms with Gasteiger partial charge in [0.25, 0.3) is 0 Å². The molecule has 0 unspecified atom stereocenters. The third-order valence-electron chi connectivity index (χ3n) is 1.77. The van der Waals surface area contributed by atoms with Crippen LogP contribution in [0.15, 0.2) is 29.4 Å². The number of hydrogen-bond donors (Lipinski definition) is 1. The highest BCUT2D eigenvalue weighted by atomic mass is 32.1. The first-order chi connectivity index (χ1) is 6.83. The van der Waals surface area contributed by atoms with Gasteiger partial charge in [-0.1, -0.05) is 12.1 Å². The molecule has 2 rings (SSSR count). The quantitative estimate of drug-likeness (QED) is 0.747. The van der Waals surface area contributed by atoms with Crippen LogP contribution in [0, 0.1) is 0 Å². The van der Waals surface area contributed by atoms with E-state index in [0.29, 0.717) is 10.9 Å². The van der Waals surface area contributed by atoms with Gasteiger partial charge in [0.05, 0.1) is 7.11 Å². The maximum Gasteiger partial charge on any atom is 0.211 e. The van der Waals surface area contributed by atoms with E-state index < -0.39 is 0 Å². The Hall–Kier alpha value is -1.56. The molecule has 14 heavy (non-hydrogen) atoms. The Kier molecular flexibility index (Phi) is 2.36. The zero-order chi connectivity index (χ0) is 9.97. The topological polar surface area (TPSA) is 52.8 Å². The molecule has 0 saturated carbocycles. The van der Waals surface area contributed by atoms with Crippen LogP contribution in [0.25, 0.3) is 5.69 Å². The molecule has 6 heteroatoms. The van der Waals surface area contributed by atoms with E-state index in [1.54, 1.807) is 7.11 Å². The first-order valence-electron chi connectivity index (χ1n) is 3.93. The summed E-state index contributed by atoms with van der Waals surface area (Å²) >= 11 is 4.12. The zero-order valence-electron chi connectivity index (χ0n) is 7.45. The van der Waals surface area contributed by atoms with Crippen molar-refractivity contribution in [2.24, 2.45) is 0 Å². The Labute approximate surface area is 86.1 Å². The number of thiol groups is 1. The van der Waals surface area contributed by atoms with E-state index in [0.717, 1.165) is 5.69 Å². The molecule has 0 N–H and O–H groups in total. The number of nitrogens with zero attached hydrogens (tertiary/aromatic N) is 4. The van der Waals surface area contributed by atoms with Gasteiger partial charge in [-0.05, 0) is 22.6 Å². The van der Waals surface area contributed by atoms with Gasteiger partial charge in [-0.3, -0.25) is 0 Å². The molecule has 2 aromatic rings. The van der Waals surface area contributed by atoms with E-state index in [4.69, 9.17) is 4.74 Å². The van der Waals surface area contributed by atoms with E-state index in [1.807, 2.05) is 24.3 Å². The van der Waals surface area contributed by atoms with E-state index in [-0.39, 0.29) is 0 Å². The number of rotatable bonds is 2. The van der Waals surface area contributed by atoms with Crippen molar-refractivity contribution in [1.29, 1.82) is 0 Å². The Morgan fingerprint density at radius 3 is 2.79 bits per heavy atom. The van der Waals surface area contributed by atoms with Gasteiger partial charge in [0.15, 0.2) is 0 Å². The van der Waals surface area contributed by atoms with Gasteiger partial charge in [0, 0.05) is 0 Å². The molecule has 72 valence electrons. The van der Waals surface area contributed by atoms with Crippen molar-refractivity contribution < 1.29 is 4.74 Å². The normalized spacial score (nSPS) is 10.1. The summed E-state index contributed by atoms with van der Waals surface area (Å²) in [6.07, 6.45) is 0. The smallest absolute Gasteiger partial charge is 0.211 e. The van der Waals surface area contributed by atoms with Crippen LogP contribution in [0.2, 0.25) is 0 Å². The highest BCUT2D eigenvalue weighted by Gasteiger charge is 2.08. The van der Waals surface area contributed by atoms with Gasteiger partial charge in [-0.25, -0.2) is 0 Å². The molecule has 0 amide bonds. The molecule has 5 nitrogen and oxygen atoms in total. The Morgan fingerprint density at radius 1 is 1.36 bits per heavy atom. The van der Waals surface area contributed by atoms with E-state index in [2.05, 4.69) is 28.2 Å². The number of ether oxygens (including phenoxy) is 1. The summed E-state index contributed by atoms with van der Waals surface area (Å²) in [5.74, 6) is 0.704. The molecule has 0 bridgehead atoms. The van der Waals surface area contributed by atoms with Gasteiger partial charge < -0.3 is 4.74 Å². The van der Waals surface area contributed by atoms with Crippen LogP contribution in [-0.4, -0.2) is 27.3 Å². The molecule has 0 aliphatic rings. The molecule has 1 aromatic carbocycles. The minimum absolute atomic E-state index is 0.425. The van der Waals surface area contributed by atoms with Crippen molar-refractivity contribution >= 4 is 12.6 Å². The molecular formula is C8H8N4OS. The molecule has 1 aromatic heterocycles. The molecule has 0 atom stereocenters. The fourth-order valence-corrected chi connectivity index (χ4v) is 1.33. The summed E-state index contributed by atoms with van der Waals surface area (Å²) in [6, 6.07) is 7.46. The van der Waals surface area contributed by atoms with Gasteiger partial charge in [-0.2, -0.15) is 4.68 Å². The second kappa shape index (κ2) is 3.67. The standard InChI is InChI=1S/C8H8N4OS/c1-13-7-5-3-2-4-6(7)12-8(14)9-10-11-12/h2-5H,1H3,(H,9,11,14). The third-order valence-corrected chi connectivity index (χ3v) is 2.05. The van der Waals surface area contributed by atoms with E-state index in [1.165, 1.54) is 4.68 Å². The van der Waals surface area contributed by atoms with Crippen molar-refractivity contribution in [2.45, 2.75) is 5.16 Å². The highest BCUT2D eigenvalue weighted by Crippen LogP contribution is 2.22. The van der Waals surface area contributed by atoms with Crippen LogP contribution in [0.1, 0.15) is 0 Å². The number of methoxy groups -OCH3 is 1. The fraction of sp³-hybridized carbons (Fsp3) is 0.125. The van der Waals surface area contributed by atoms with Crippen LogP contribution in [0.3, 0.4) is 0 Å². The average Bonchev–Trinajstić information content (AvgIpc) is 2.64. The predicted octanol–water partition coefficient (Wildman–Crippen LogP) is 0.960. The molecule has 0 radical (unpaired) electrons. The lowest BCUT2D eigenvalue weighted by atomic mass is 10.3. The lowest BCUT2D eigenvalue weighted by molar-refractivity contribution is 0.410. The second-order valence-corrected chi connectivity index (χ2v) is 2.96. The minimum Gasteiger partial charge on any atom is -0.494 e. The summed E-state index contributed by atoms with van der Waals surface area (Å²) in [6.45, 7) is 0. The first-order valence-corrected chi connectivity index (χ1v) is 4.38. The number of para-hydroxylation sites is 2. The Morgan fingerprint density at radius 2 is 2.14 bits per heavy atom. The van der Waals surface area contributed by atoms with Gasteiger partial charge in [-0.15, -0.1) is 17.7 Å². The fourth-order valence-electron chi connectivity index (χ4n) is 1.14. The molecule has 0 saturated heterocycles. The van der Waals surface area contributed by atoms with Crippen LogP contribution in [-0.2, 0) is 0 Å². The molecule has 0 fully saturated rings. The van der Waals surface area contributed by atoms with Gasteiger partial charge in [0.1, 0.15) is 11.4 Å². The minimum atomic E-state index is 0.425. The number of tetrazole rings is 1. The van der Waals surface area contributed by atoms with Crippen molar-refractivity contribution in [1.82, 2.24) is 20.2 Å². The number of hydrogen-bond acceptors (Lipinski definition) is 5. The third kappa shape index (κ3) is 1.44. The maximum atomic E-state index is 5.17. The monoisotopic (exact) mass is 208 g/mol. The molecule has 0 aliphatic heterocycles. The largest absolute Gasteiger partial charge is 0.494 e. The summed E-state index contributed by atoms with van der Waals surface area (Å²) in [5.41, 5.74) is 0.769. The first kappa shape index (κ1) is 9.01. The van der Waals surface area contributed by atoms with E-state index in [9.17, 15) is 0 Å². The van der Waals surface area contributed by atoms with Crippen molar-refractivity contribution in [2.75, 3.05) is 7.11 Å². The second-order valence-electron chi connectivity index (χ2n) is 2.56. The maximum absolute atomic E-state index is 5.17. The van der Waals surface area contributed by atoms with Crippen molar-refractivity contribution in [3.05, 3.63) is 24.3 Å².